The Balaban J connectivity index is 1.82. The van der Waals surface area contributed by atoms with Gasteiger partial charge in [0.15, 0.2) is 0 Å². The monoisotopic (exact) mass is 296 g/mol. The second-order valence-corrected chi connectivity index (χ2v) is 8.65. The maximum atomic E-state index is 12.5. The predicted molar refractivity (Wildman–Crippen MR) is 89.9 cm³/mol. The SMILES string of the molecule is Cc1ccc2c(c1)C[C@@H](C)C1C2[C@@H](C)C[C@]2(C)C(=O)CCC12. The van der Waals surface area contributed by atoms with Crippen LogP contribution in [-0.4, -0.2) is 5.78 Å². The minimum absolute atomic E-state index is 0.0307. The van der Waals surface area contributed by atoms with Crippen molar-refractivity contribution in [1.82, 2.24) is 0 Å². The number of aryl methyl sites for hydroxylation is 1. The van der Waals surface area contributed by atoms with Crippen molar-refractivity contribution in [3.63, 3.8) is 0 Å². The van der Waals surface area contributed by atoms with Crippen LogP contribution < -0.4 is 0 Å². The zero-order chi connectivity index (χ0) is 15.6. The Kier molecular flexibility index (Phi) is 3.09. The third-order valence-corrected chi connectivity index (χ3v) is 7.23. The lowest BCUT2D eigenvalue weighted by molar-refractivity contribution is -0.131. The van der Waals surface area contributed by atoms with E-state index >= 15 is 0 Å². The lowest BCUT2D eigenvalue weighted by Gasteiger charge is -2.53. The average molecular weight is 296 g/mol. The van der Waals surface area contributed by atoms with Gasteiger partial charge in [-0.25, -0.2) is 0 Å². The number of benzene rings is 1. The van der Waals surface area contributed by atoms with E-state index in [0.717, 1.165) is 19.3 Å². The molecule has 0 aromatic heterocycles. The molecule has 3 unspecified atom stereocenters. The molecule has 22 heavy (non-hydrogen) atoms. The predicted octanol–water partition coefficient (Wildman–Crippen LogP) is 4.91. The maximum absolute atomic E-state index is 12.5. The quantitative estimate of drug-likeness (QED) is 0.664. The summed E-state index contributed by atoms with van der Waals surface area (Å²) in [6.07, 6.45) is 4.25. The molecule has 0 bridgehead atoms. The standard InChI is InChI=1S/C21H28O/c1-12-5-6-16-15(9-12)10-13(2)20-17-7-8-18(22)21(17,4)11-14(3)19(16)20/h5-6,9,13-14,17,19-20H,7-8,10-11H2,1-4H3/t13-,14+,17?,19?,20?,21+/m1/s1. The Hall–Kier alpha value is -1.11. The molecule has 0 amide bonds. The van der Waals surface area contributed by atoms with Crippen LogP contribution in [0.15, 0.2) is 18.2 Å². The van der Waals surface area contributed by atoms with E-state index in [1.54, 1.807) is 11.1 Å². The van der Waals surface area contributed by atoms with Crippen LogP contribution in [-0.2, 0) is 11.2 Å². The van der Waals surface area contributed by atoms with Crippen molar-refractivity contribution in [2.75, 3.05) is 0 Å². The van der Waals surface area contributed by atoms with Gasteiger partial charge in [0.25, 0.3) is 0 Å². The van der Waals surface area contributed by atoms with Crippen LogP contribution in [0.25, 0.3) is 0 Å². The van der Waals surface area contributed by atoms with Crippen molar-refractivity contribution in [3.05, 3.63) is 34.9 Å². The molecule has 3 aliphatic carbocycles. The van der Waals surface area contributed by atoms with Gasteiger partial charge in [-0.15, -0.1) is 0 Å². The molecule has 0 saturated heterocycles. The fourth-order valence-electron chi connectivity index (χ4n) is 6.39. The Bertz CT molecular complexity index is 631. The van der Waals surface area contributed by atoms with E-state index in [4.69, 9.17) is 0 Å². The molecule has 0 heterocycles. The van der Waals surface area contributed by atoms with Crippen LogP contribution in [0.3, 0.4) is 0 Å². The fourth-order valence-corrected chi connectivity index (χ4v) is 6.39. The number of fused-ring (bicyclic) bond motifs is 5. The minimum atomic E-state index is -0.0307. The smallest absolute Gasteiger partial charge is 0.139 e. The summed E-state index contributed by atoms with van der Waals surface area (Å²) in [4.78, 5) is 12.5. The molecule has 3 aliphatic rings. The summed E-state index contributed by atoms with van der Waals surface area (Å²) < 4.78 is 0. The van der Waals surface area contributed by atoms with Gasteiger partial charge in [-0.05, 0) is 66.9 Å². The van der Waals surface area contributed by atoms with Crippen LogP contribution in [0.1, 0.15) is 62.6 Å². The molecule has 0 spiro atoms. The van der Waals surface area contributed by atoms with Gasteiger partial charge in [-0.3, -0.25) is 4.79 Å². The highest BCUT2D eigenvalue weighted by atomic mass is 16.1. The van der Waals surface area contributed by atoms with Gasteiger partial charge in [-0.2, -0.15) is 0 Å². The Morgan fingerprint density at radius 3 is 2.73 bits per heavy atom. The van der Waals surface area contributed by atoms with E-state index < -0.39 is 0 Å². The molecular formula is C21H28O. The summed E-state index contributed by atoms with van der Waals surface area (Å²) in [5.74, 6) is 3.86. The van der Waals surface area contributed by atoms with Crippen molar-refractivity contribution in [3.8, 4) is 0 Å². The molecule has 2 saturated carbocycles. The first-order valence-corrected chi connectivity index (χ1v) is 9.04. The summed E-state index contributed by atoms with van der Waals surface area (Å²) in [6.45, 7) is 9.31. The van der Waals surface area contributed by atoms with Gasteiger partial charge < -0.3 is 0 Å². The number of hydrogen-bond donors (Lipinski definition) is 0. The summed E-state index contributed by atoms with van der Waals surface area (Å²) in [5, 5.41) is 0. The Labute approximate surface area is 134 Å². The van der Waals surface area contributed by atoms with E-state index in [1.165, 1.54) is 12.0 Å². The highest BCUT2D eigenvalue weighted by Crippen LogP contribution is 2.62. The number of rotatable bonds is 0. The minimum Gasteiger partial charge on any atom is -0.299 e. The second-order valence-electron chi connectivity index (χ2n) is 8.65. The van der Waals surface area contributed by atoms with Crippen LogP contribution in [0.4, 0.5) is 0 Å². The van der Waals surface area contributed by atoms with Crippen LogP contribution in [0.5, 0.6) is 0 Å². The van der Waals surface area contributed by atoms with Gasteiger partial charge in [0, 0.05) is 11.8 Å². The zero-order valence-corrected chi connectivity index (χ0v) is 14.4. The molecule has 1 aromatic carbocycles. The van der Waals surface area contributed by atoms with Crippen molar-refractivity contribution in [1.29, 1.82) is 0 Å². The summed E-state index contributed by atoms with van der Waals surface area (Å²) in [6, 6.07) is 7.08. The van der Waals surface area contributed by atoms with Crippen molar-refractivity contribution in [2.45, 2.75) is 59.3 Å². The number of carbonyl (C=O) groups excluding carboxylic acids is 1. The first kappa shape index (κ1) is 14.5. The summed E-state index contributed by atoms with van der Waals surface area (Å²) in [5.41, 5.74) is 4.53. The first-order chi connectivity index (χ1) is 10.4. The molecule has 1 aromatic rings. The number of ketones is 1. The molecule has 1 nitrogen and oxygen atoms in total. The first-order valence-electron chi connectivity index (χ1n) is 9.04. The highest BCUT2D eigenvalue weighted by molar-refractivity contribution is 5.87. The molecular weight excluding hydrogens is 268 g/mol. The molecule has 0 N–H and O–H groups in total. The molecule has 2 fully saturated rings. The third-order valence-electron chi connectivity index (χ3n) is 7.23. The van der Waals surface area contributed by atoms with Crippen LogP contribution in [0.2, 0.25) is 0 Å². The van der Waals surface area contributed by atoms with E-state index in [0.29, 0.717) is 35.4 Å². The largest absolute Gasteiger partial charge is 0.299 e. The Morgan fingerprint density at radius 1 is 1.18 bits per heavy atom. The molecule has 6 atom stereocenters. The van der Waals surface area contributed by atoms with Crippen molar-refractivity contribution < 1.29 is 4.79 Å². The molecule has 1 heteroatoms. The lowest BCUT2D eigenvalue weighted by atomic mass is 9.50. The van der Waals surface area contributed by atoms with E-state index in [1.807, 2.05) is 0 Å². The topological polar surface area (TPSA) is 17.1 Å². The number of carbonyl (C=O) groups is 1. The molecule has 0 radical (unpaired) electrons. The maximum Gasteiger partial charge on any atom is 0.139 e. The van der Waals surface area contributed by atoms with E-state index in [-0.39, 0.29) is 5.41 Å². The van der Waals surface area contributed by atoms with Gasteiger partial charge >= 0.3 is 0 Å². The normalized spacial score (nSPS) is 43.5. The zero-order valence-electron chi connectivity index (χ0n) is 14.4. The second kappa shape index (κ2) is 4.69. The molecule has 118 valence electrons. The molecule has 0 aliphatic heterocycles. The van der Waals surface area contributed by atoms with Crippen LogP contribution >= 0.6 is 0 Å². The van der Waals surface area contributed by atoms with Gasteiger partial charge in [-0.1, -0.05) is 44.5 Å². The summed E-state index contributed by atoms with van der Waals surface area (Å²) in [7, 11) is 0. The fraction of sp³-hybridized carbons (Fsp3) is 0.667. The highest BCUT2D eigenvalue weighted by Gasteiger charge is 2.58. The average Bonchev–Trinajstić information content (AvgIpc) is 2.74. The van der Waals surface area contributed by atoms with Gasteiger partial charge in [0.1, 0.15) is 5.78 Å². The Morgan fingerprint density at radius 2 is 1.95 bits per heavy atom. The lowest BCUT2D eigenvalue weighted by Crippen LogP contribution is -2.48. The van der Waals surface area contributed by atoms with Crippen molar-refractivity contribution >= 4 is 5.78 Å². The number of Topliss-reactive ketones (excluding diaryl/α,β-unsaturated/α-hetero) is 1. The van der Waals surface area contributed by atoms with Gasteiger partial charge in [0.2, 0.25) is 0 Å². The molecule has 4 rings (SSSR count). The van der Waals surface area contributed by atoms with Crippen molar-refractivity contribution in [2.24, 2.45) is 29.1 Å². The van der Waals surface area contributed by atoms with Gasteiger partial charge in [0.05, 0.1) is 0 Å². The van der Waals surface area contributed by atoms with E-state index in [2.05, 4.69) is 45.9 Å². The van der Waals surface area contributed by atoms with E-state index in [9.17, 15) is 4.79 Å². The number of hydrogen-bond acceptors (Lipinski definition) is 1. The summed E-state index contributed by atoms with van der Waals surface area (Å²) >= 11 is 0. The van der Waals surface area contributed by atoms with Crippen LogP contribution in [0, 0.1) is 36.0 Å². The third kappa shape index (κ3) is 1.80.